The molecule has 0 spiro atoms. The number of hydrogen-bond acceptors (Lipinski definition) is 4. The van der Waals surface area contributed by atoms with E-state index in [0.29, 0.717) is 18.9 Å². The second kappa shape index (κ2) is 8.93. The highest BCUT2D eigenvalue weighted by atomic mass is 79.9. The van der Waals surface area contributed by atoms with Crippen LogP contribution in [0.25, 0.3) is 5.70 Å². The van der Waals surface area contributed by atoms with E-state index in [1.165, 1.54) is 4.90 Å². The van der Waals surface area contributed by atoms with E-state index in [-0.39, 0.29) is 11.9 Å². The third-order valence-electron chi connectivity index (χ3n) is 4.37. The minimum absolute atomic E-state index is 0.105. The Morgan fingerprint density at radius 2 is 1.77 bits per heavy atom. The highest BCUT2D eigenvalue weighted by Gasteiger charge is 2.33. The quantitative estimate of drug-likeness (QED) is 0.615. The van der Waals surface area contributed by atoms with Gasteiger partial charge >= 0.3 is 5.91 Å². The van der Waals surface area contributed by atoms with Gasteiger partial charge in [-0.3, -0.25) is 20.6 Å². The first kappa shape index (κ1) is 18.6. The molecular formula is C19H22BrN4O2+. The number of hydrogen-bond donors (Lipinski definition) is 3. The molecule has 26 heavy (non-hydrogen) atoms. The number of rotatable bonds is 6. The van der Waals surface area contributed by atoms with Gasteiger partial charge in [0.2, 0.25) is 0 Å². The molecule has 1 fully saturated rings. The molecule has 3 rings (SSSR count). The lowest BCUT2D eigenvalue weighted by molar-refractivity contribution is -0.929. The van der Waals surface area contributed by atoms with E-state index in [0.717, 1.165) is 28.7 Å². The molecule has 1 saturated heterocycles. The van der Waals surface area contributed by atoms with E-state index in [1.807, 2.05) is 36.4 Å². The third kappa shape index (κ3) is 4.69. The maximum atomic E-state index is 12.9. The van der Waals surface area contributed by atoms with Crippen molar-refractivity contribution in [1.29, 1.82) is 0 Å². The van der Waals surface area contributed by atoms with Gasteiger partial charge in [0, 0.05) is 22.4 Å². The Hall–Kier alpha value is -2.22. The average Bonchev–Trinajstić information content (AvgIpc) is 2.68. The molecular weight excluding hydrogens is 396 g/mol. The first-order valence-corrected chi connectivity index (χ1v) is 9.27. The van der Waals surface area contributed by atoms with Crippen LogP contribution in [0.4, 0.5) is 0 Å². The normalized spacial score (nSPS) is 15.9. The number of benzene rings is 1. The second-order valence-corrected chi connectivity index (χ2v) is 7.00. The summed E-state index contributed by atoms with van der Waals surface area (Å²) in [4.78, 5) is 18.2. The van der Waals surface area contributed by atoms with Crippen LogP contribution in [0.3, 0.4) is 0 Å². The van der Waals surface area contributed by atoms with Crippen LogP contribution >= 0.6 is 15.9 Å². The van der Waals surface area contributed by atoms with Crippen LogP contribution in [0.1, 0.15) is 17.2 Å². The summed E-state index contributed by atoms with van der Waals surface area (Å²) in [7, 11) is 0. The van der Waals surface area contributed by atoms with Crippen molar-refractivity contribution < 1.29 is 14.4 Å². The van der Waals surface area contributed by atoms with E-state index in [1.54, 1.807) is 12.4 Å². The van der Waals surface area contributed by atoms with Gasteiger partial charge in [0.15, 0.2) is 6.04 Å². The number of nitrogens with one attached hydrogen (secondary N) is 3. The molecule has 0 bridgehead atoms. The fraction of sp³-hybridized carbons (Fsp3) is 0.263. The first-order valence-electron chi connectivity index (χ1n) is 8.48. The van der Waals surface area contributed by atoms with Crippen molar-refractivity contribution in [1.82, 2.24) is 15.8 Å². The van der Waals surface area contributed by atoms with Crippen LogP contribution in [0.15, 0.2) is 59.8 Å². The number of carbonyl (C=O) groups excluding carboxylic acids is 1. The molecule has 0 aliphatic carbocycles. The standard InChI is InChI=1S/C19H21BrN4O2/c1-14(15-2-4-17(20)5-3-15)22-23-19(25)18(16-6-8-21-9-7-16)24-10-12-26-13-11-24/h2-9,18,22H,1,10-13H2,(H,23,25)/p+1/t18-/m1/s1. The summed E-state index contributed by atoms with van der Waals surface area (Å²) in [6, 6.07) is 11.2. The van der Waals surface area contributed by atoms with Crippen molar-refractivity contribution in [2.75, 3.05) is 26.3 Å². The number of ether oxygens (including phenoxy) is 1. The maximum Gasteiger partial charge on any atom is 0.301 e. The van der Waals surface area contributed by atoms with Crippen LogP contribution in [-0.4, -0.2) is 37.2 Å². The van der Waals surface area contributed by atoms with Crippen molar-refractivity contribution in [3.8, 4) is 0 Å². The van der Waals surface area contributed by atoms with Gasteiger partial charge in [0.05, 0.1) is 18.9 Å². The lowest BCUT2D eigenvalue weighted by atomic mass is 10.1. The van der Waals surface area contributed by atoms with Gasteiger partial charge in [-0.05, 0) is 29.8 Å². The molecule has 2 heterocycles. The van der Waals surface area contributed by atoms with Gasteiger partial charge in [0.25, 0.3) is 0 Å². The van der Waals surface area contributed by atoms with Crippen LogP contribution in [-0.2, 0) is 9.53 Å². The summed E-state index contributed by atoms with van der Waals surface area (Å²) in [5, 5.41) is 0. The summed E-state index contributed by atoms with van der Waals surface area (Å²) >= 11 is 3.41. The SMILES string of the molecule is C=C(NNC(=O)[C@@H](c1ccncc1)[NH+]1CCOCC1)c1ccc(Br)cc1. The molecule has 0 radical (unpaired) electrons. The molecule has 6 nitrogen and oxygen atoms in total. The molecule has 136 valence electrons. The molecule has 0 saturated carbocycles. The van der Waals surface area contributed by atoms with Crippen LogP contribution in [0.2, 0.25) is 0 Å². The number of carbonyl (C=O) groups is 1. The Kier molecular flexibility index (Phi) is 6.38. The summed E-state index contributed by atoms with van der Waals surface area (Å²) in [5.74, 6) is -0.105. The zero-order chi connectivity index (χ0) is 18.4. The number of nitrogens with zero attached hydrogens (tertiary/aromatic N) is 1. The summed E-state index contributed by atoms with van der Waals surface area (Å²) in [6.45, 7) is 6.88. The molecule has 1 atom stereocenters. The summed E-state index contributed by atoms with van der Waals surface area (Å²) in [6.07, 6.45) is 3.42. The van der Waals surface area contributed by atoms with E-state index < -0.39 is 0 Å². The second-order valence-electron chi connectivity index (χ2n) is 6.08. The van der Waals surface area contributed by atoms with Crippen molar-refractivity contribution in [3.05, 3.63) is 71.0 Å². The predicted molar refractivity (Wildman–Crippen MR) is 103 cm³/mol. The Morgan fingerprint density at radius 3 is 2.42 bits per heavy atom. The first-order chi connectivity index (χ1) is 12.6. The summed E-state index contributed by atoms with van der Waals surface area (Å²) < 4.78 is 6.43. The molecule has 1 aromatic carbocycles. The molecule has 1 amide bonds. The van der Waals surface area contributed by atoms with Gasteiger partial charge in [-0.1, -0.05) is 34.6 Å². The zero-order valence-corrected chi connectivity index (χ0v) is 16.0. The van der Waals surface area contributed by atoms with Crippen LogP contribution in [0.5, 0.6) is 0 Å². The van der Waals surface area contributed by atoms with E-state index >= 15 is 0 Å². The fourth-order valence-corrected chi connectivity index (χ4v) is 3.25. The minimum atomic E-state index is -0.327. The van der Waals surface area contributed by atoms with Gasteiger partial charge in [-0.15, -0.1) is 0 Å². The lowest BCUT2D eigenvalue weighted by Gasteiger charge is -2.31. The number of morpholine rings is 1. The number of amides is 1. The molecule has 1 aromatic heterocycles. The molecule has 3 N–H and O–H groups in total. The van der Waals surface area contributed by atoms with Crippen molar-refractivity contribution in [2.45, 2.75) is 6.04 Å². The molecule has 2 aromatic rings. The van der Waals surface area contributed by atoms with Gasteiger partial charge in [0.1, 0.15) is 13.1 Å². The van der Waals surface area contributed by atoms with Crippen molar-refractivity contribution in [2.24, 2.45) is 0 Å². The fourth-order valence-electron chi connectivity index (χ4n) is 2.98. The molecule has 0 unspecified atom stereocenters. The highest BCUT2D eigenvalue weighted by molar-refractivity contribution is 9.10. The maximum absolute atomic E-state index is 12.9. The molecule has 7 heteroatoms. The van der Waals surface area contributed by atoms with Crippen LogP contribution in [0, 0.1) is 0 Å². The van der Waals surface area contributed by atoms with Gasteiger partial charge in [-0.2, -0.15) is 0 Å². The third-order valence-corrected chi connectivity index (χ3v) is 4.90. The van der Waals surface area contributed by atoms with Crippen molar-refractivity contribution in [3.63, 3.8) is 0 Å². The summed E-state index contributed by atoms with van der Waals surface area (Å²) in [5.41, 5.74) is 8.23. The number of halogens is 1. The minimum Gasteiger partial charge on any atom is -0.370 e. The Balaban J connectivity index is 1.69. The van der Waals surface area contributed by atoms with E-state index in [2.05, 4.69) is 38.3 Å². The van der Waals surface area contributed by atoms with E-state index in [4.69, 9.17) is 4.74 Å². The Bertz CT molecular complexity index is 746. The molecule has 1 aliphatic rings. The van der Waals surface area contributed by atoms with Crippen LogP contribution < -0.4 is 15.8 Å². The lowest BCUT2D eigenvalue weighted by Crippen LogP contribution is -3.15. The smallest absolute Gasteiger partial charge is 0.301 e. The predicted octanol–water partition coefficient (Wildman–Crippen LogP) is 1.09. The number of quaternary nitrogens is 1. The number of aromatic nitrogens is 1. The zero-order valence-electron chi connectivity index (χ0n) is 14.4. The highest BCUT2D eigenvalue weighted by Crippen LogP contribution is 2.15. The largest absolute Gasteiger partial charge is 0.370 e. The Morgan fingerprint density at radius 1 is 1.12 bits per heavy atom. The Labute approximate surface area is 161 Å². The van der Waals surface area contributed by atoms with Gasteiger partial charge in [-0.25, -0.2) is 0 Å². The number of hydrazine groups is 1. The van der Waals surface area contributed by atoms with Crippen molar-refractivity contribution >= 4 is 27.5 Å². The van der Waals surface area contributed by atoms with Gasteiger partial charge < -0.3 is 9.64 Å². The topological polar surface area (TPSA) is 67.7 Å². The molecule has 1 aliphatic heterocycles. The monoisotopic (exact) mass is 417 g/mol. The average molecular weight is 418 g/mol. The van der Waals surface area contributed by atoms with E-state index in [9.17, 15) is 4.79 Å². The number of pyridine rings is 1.